The van der Waals surface area contributed by atoms with Gasteiger partial charge in [0.25, 0.3) is 0 Å². The van der Waals surface area contributed by atoms with Crippen LogP contribution >= 0.6 is 11.3 Å². The molecule has 1 aliphatic carbocycles. The monoisotopic (exact) mass is 224 g/mol. The van der Waals surface area contributed by atoms with Gasteiger partial charge >= 0.3 is 0 Å². The van der Waals surface area contributed by atoms with Gasteiger partial charge in [-0.3, -0.25) is 0 Å². The Balaban J connectivity index is 1.92. The van der Waals surface area contributed by atoms with E-state index in [1.54, 1.807) is 11.3 Å². The average molecular weight is 224 g/mol. The van der Waals surface area contributed by atoms with E-state index in [0.717, 1.165) is 18.0 Å². The van der Waals surface area contributed by atoms with Gasteiger partial charge in [0.05, 0.1) is 5.01 Å². The fourth-order valence-corrected chi connectivity index (χ4v) is 3.32. The van der Waals surface area contributed by atoms with Crippen molar-refractivity contribution in [3.8, 4) is 0 Å². The Morgan fingerprint density at radius 2 is 2.27 bits per heavy atom. The second-order valence-electron chi connectivity index (χ2n) is 4.73. The molecule has 2 unspecified atom stereocenters. The smallest absolute Gasteiger partial charge is 0.0930 e. The van der Waals surface area contributed by atoms with Crippen LogP contribution in [0.2, 0.25) is 0 Å². The Kier molecular flexibility index (Phi) is 3.76. The van der Waals surface area contributed by atoms with Crippen molar-refractivity contribution in [3.63, 3.8) is 0 Å². The molecule has 2 rings (SSSR count). The Morgan fingerprint density at radius 1 is 1.47 bits per heavy atom. The van der Waals surface area contributed by atoms with E-state index in [1.165, 1.54) is 37.1 Å². The van der Waals surface area contributed by atoms with Crippen LogP contribution < -0.4 is 5.73 Å². The maximum absolute atomic E-state index is 6.07. The van der Waals surface area contributed by atoms with E-state index in [-0.39, 0.29) is 0 Å². The highest BCUT2D eigenvalue weighted by molar-refractivity contribution is 7.09. The first-order chi connectivity index (χ1) is 7.24. The minimum Gasteiger partial charge on any atom is -0.328 e. The topological polar surface area (TPSA) is 38.9 Å². The van der Waals surface area contributed by atoms with Gasteiger partial charge in [-0.1, -0.05) is 12.8 Å². The van der Waals surface area contributed by atoms with Gasteiger partial charge in [0.15, 0.2) is 0 Å². The Morgan fingerprint density at radius 3 is 3.00 bits per heavy atom. The normalized spacial score (nSPS) is 27.6. The zero-order chi connectivity index (χ0) is 10.7. The molecule has 0 bridgehead atoms. The van der Waals surface area contributed by atoms with Crippen LogP contribution in [0.25, 0.3) is 0 Å². The molecule has 3 heteroatoms. The first kappa shape index (κ1) is 11.1. The van der Waals surface area contributed by atoms with Gasteiger partial charge in [-0.2, -0.15) is 0 Å². The molecule has 2 atom stereocenters. The first-order valence-electron chi connectivity index (χ1n) is 5.90. The van der Waals surface area contributed by atoms with E-state index in [9.17, 15) is 0 Å². The molecular formula is C12H20N2S. The van der Waals surface area contributed by atoms with E-state index in [2.05, 4.69) is 17.3 Å². The molecule has 0 amide bonds. The van der Waals surface area contributed by atoms with Gasteiger partial charge in [-0.25, -0.2) is 4.98 Å². The largest absolute Gasteiger partial charge is 0.328 e. The number of nitrogens with two attached hydrogens (primary N) is 1. The SMILES string of the molecule is Cc1csc(CC2CCCCC(N)C2)n1. The van der Waals surface area contributed by atoms with Crippen LogP contribution in [0.4, 0.5) is 0 Å². The van der Waals surface area contributed by atoms with Crippen molar-refractivity contribution >= 4 is 11.3 Å². The minimum atomic E-state index is 0.429. The highest BCUT2D eigenvalue weighted by Gasteiger charge is 2.18. The molecule has 1 fully saturated rings. The fraction of sp³-hybridized carbons (Fsp3) is 0.750. The third-order valence-electron chi connectivity index (χ3n) is 3.20. The Bertz CT molecular complexity index is 308. The lowest BCUT2D eigenvalue weighted by Crippen LogP contribution is -2.22. The van der Waals surface area contributed by atoms with Crippen LogP contribution in [0.5, 0.6) is 0 Å². The van der Waals surface area contributed by atoms with Crippen LogP contribution in [-0.2, 0) is 6.42 Å². The van der Waals surface area contributed by atoms with Crippen LogP contribution in [0, 0.1) is 12.8 Å². The summed E-state index contributed by atoms with van der Waals surface area (Å²) in [4.78, 5) is 4.54. The van der Waals surface area contributed by atoms with Crippen LogP contribution in [0.15, 0.2) is 5.38 Å². The summed E-state index contributed by atoms with van der Waals surface area (Å²) < 4.78 is 0. The van der Waals surface area contributed by atoms with Crippen molar-refractivity contribution in [1.82, 2.24) is 4.98 Å². The van der Waals surface area contributed by atoms with E-state index in [1.807, 2.05) is 0 Å². The van der Waals surface area contributed by atoms with Crippen LogP contribution in [0.3, 0.4) is 0 Å². The summed E-state index contributed by atoms with van der Waals surface area (Å²) in [6.45, 7) is 2.07. The molecule has 1 aromatic rings. The number of rotatable bonds is 2. The van der Waals surface area contributed by atoms with E-state index in [4.69, 9.17) is 5.73 Å². The van der Waals surface area contributed by atoms with Gasteiger partial charge in [0.2, 0.25) is 0 Å². The Labute approximate surface area is 95.9 Å². The summed E-state index contributed by atoms with van der Waals surface area (Å²) in [5, 5.41) is 3.44. The van der Waals surface area contributed by atoms with Crippen molar-refractivity contribution in [2.24, 2.45) is 11.7 Å². The molecule has 15 heavy (non-hydrogen) atoms. The lowest BCUT2D eigenvalue weighted by Gasteiger charge is -2.15. The predicted molar refractivity (Wildman–Crippen MR) is 65.1 cm³/mol. The summed E-state index contributed by atoms with van der Waals surface area (Å²) >= 11 is 1.80. The summed E-state index contributed by atoms with van der Waals surface area (Å²) in [5.41, 5.74) is 7.23. The lowest BCUT2D eigenvalue weighted by atomic mass is 9.95. The summed E-state index contributed by atoms with van der Waals surface area (Å²) in [5.74, 6) is 0.771. The van der Waals surface area contributed by atoms with Gasteiger partial charge in [0, 0.05) is 23.5 Å². The molecule has 0 spiro atoms. The molecule has 1 aliphatic rings. The minimum absolute atomic E-state index is 0.429. The van der Waals surface area contributed by atoms with Crippen molar-refractivity contribution < 1.29 is 0 Å². The molecule has 1 aromatic heterocycles. The van der Waals surface area contributed by atoms with Crippen molar-refractivity contribution in [1.29, 1.82) is 0 Å². The van der Waals surface area contributed by atoms with Crippen LogP contribution in [-0.4, -0.2) is 11.0 Å². The molecule has 0 aliphatic heterocycles. The average Bonchev–Trinajstić information content (AvgIpc) is 2.46. The molecule has 0 aromatic carbocycles. The predicted octanol–water partition coefficient (Wildman–Crippen LogP) is 2.90. The molecule has 0 radical (unpaired) electrons. The second kappa shape index (κ2) is 5.08. The maximum atomic E-state index is 6.07. The molecule has 2 N–H and O–H groups in total. The zero-order valence-electron chi connectivity index (χ0n) is 9.41. The molecule has 84 valence electrons. The molecule has 0 saturated heterocycles. The van der Waals surface area contributed by atoms with E-state index in [0.29, 0.717) is 6.04 Å². The van der Waals surface area contributed by atoms with Gasteiger partial charge in [-0.05, 0) is 32.1 Å². The summed E-state index contributed by atoms with van der Waals surface area (Å²) in [6, 6.07) is 0.429. The number of hydrogen-bond donors (Lipinski definition) is 1. The third-order valence-corrected chi connectivity index (χ3v) is 4.19. The summed E-state index contributed by atoms with van der Waals surface area (Å²) in [7, 11) is 0. The summed E-state index contributed by atoms with van der Waals surface area (Å²) in [6.07, 6.45) is 7.56. The molecular weight excluding hydrogens is 204 g/mol. The van der Waals surface area contributed by atoms with E-state index >= 15 is 0 Å². The standard InChI is InChI=1S/C12H20N2S/c1-9-8-15-12(14-9)7-10-4-2-3-5-11(13)6-10/h8,10-11H,2-7,13H2,1H3. The Hall–Kier alpha value is -0.410. The van der Waals surface area contributed by atoms with Gasteiger partial charge < -0.3 is 5.73 Å². The number of aryl methyl sites for hydroxylation is 1. The highest BCUT2D eigenvalue weighted by Crippen LogP contribution is 2.26. The maximum Gasteiger partial charge on any atom is 0.0930 e. The molecule has 1 heterocycles. The fourth-order valence-electron chi connectivity index (χ4n) is 2.43. The molecule has 2 nitrogen and oxygen atoms in total. The quantitative estimate of drug-likeness (QED) is 0.785. The highest BCUT2D eigenvalue weighted by atomic mass is 32.1. The van der Waals surface area contributed by atoms with E-state index < -0.39 is 0 Å². The van der Waals surface area contributed by atoms with Gasteiger partial charge in [0.1, 0.15) is 0 Å². The van der Waals surface area contributed by atoms with Crippen molar-refractivity contribution in [2.75, 3.05) is 0 Å². The van der Waals surface area contributed by atoms with Crippen LogP contribution in [0.1, 0.15) is 42.8 Å². The first-order valence-corrected chi connectivity index (χ1v) is 6.78. The number of aromatic nitrogens is 1. The second-order valence-corrected chi connectivity index (χ2v) is 5.68. The van der Waals surface area contributed by atoms with Gasteiger partial charge in [-0.15, -0.1) is 11.3 Å². The van der Waals surface area contributed by atoms with Crippen molar-refractivity contribution in [3.05, 3.63) is 16.1 Å². The third kappa shape index (κ3) is 3.28. The number of hydrogen-bond acceptors (Lipinski definition) is 3. The molecule has 1 saturated carbocycles. The number of thiazole rings is 1. The zero-order valence-corrected chi connectivity index (χ0v) is 10.2. The lowest BCUT2D eigenvalue weighted by molar-refractivity contribution is 0.430. The number of nitrogens with zero attached hydrogens (tertiary/aromatic N) is 1. The van der Waals surface area contributed by atoms with Crippen molar-refractivity contribution in [2.45, 2.75) is 51.5 Å².